The summed E-state index contributed by atoms with van der Waals surface area (Å²) in [4.78, 5) is 14.8. The first-order valence-electron chi connectivity index (χ1n) is 8.53. The first-order valence-corrected chi connectivity index (χ1v) is 8.53. The SMILES string of the molecule is COC(=O)C1(NC2CC2)CCCC(N(C)CCC(C)C)C1. The van der Waals surface area contributed by atoms with Crippen LogP contribution in [-0.4, -0.2) is 49.2 Å². The minimum atomic E-state index is -0.440. The lowest BCUT2D eigenvalue weighted by atomic mass is 9.78. The predicted octanol–water partition coefficient (Wildman–Crippen LogP) is 2.57. The van der Waals surface area contributed by atoms with E-state index >= 15 is 0 Å². The second kappa shape index (κ2) is 7.10. The van der Waals surface area contributed by atoms with Gasteiger partial charge in [0.25, 0.3) is 0 Å². The number of nitrogens with zero attached hydrogens (tertiary/aromatic N) is 1. The Morgan fingerprint density at radius 3 is 2.67 bits per heavy atom. The van der Waals surface area contributed by atoms with E-state index in [1.54, 1.807) is 0 Å². The van der Waals surface area contributed by atoms with Gasteiger partial charge < -0.3 is 9.64 Å². The Bertz CT molecular complexity index is 355. The van der Waals surface area contributed by atoms with Gasteiger partial charge in [0, 0.05) is 12.1 Å². The van der Waals surface area contributed by atoms with Crippen molar-refractivity contribution < 1.29 is 9.53 Å². The van der Waals surface area contributed by atoms with Gasteiger partial charge in [-0.15, -0.1) is 0 Å². The van der Waals surface area contributed by atoms with Crippen LogP contribution in [0.1, 0.15) is 58.8 Å². The van der Waals surface area contributed by atoms with Crippen LogP contribution >= 0.6 is 0 Å². The highest BCUT2D eigenvalue weighted by molar-refractivity contribution is 5.81. The molecule has 0 bridgehead atoms. The molecule has 4 nitrogen and oxygen atoms in total. The molecule has 0 aromatic carbocycles. The van der Waals surface area contributed by atoms with Crippen LogP contribution in [0, 0.1) is 5.92 Å². The maximum Gasteiger partial charge on any atom is 0.326 e. The number of carbonyl (C=O) groups excluding carboxylic acids is 1. The van der Waals surface area contributed by atoms with Crippen LogP contribution in [0.5, 0.6) is 0 Å². The van der Waals surface area contributed by atoms with Crippen molar-refractivity contribution in [1.82, 2.24) is 10.2 Å². The second-order valence-electron chi connectivity index (χ2n) is 7.41. The molecule has 0 aliphatic heterocycles. The summed E-state index contributed by atoms with van der Waals surface area (Å²) < 4.78 is 5.13. The highest BCUT2D eigenvalue weighted by atomic mass is 16.5. The van der Waals surface area contributed by atoms with E-state index in [9.17, 15) is 4.79 Å². The average Bonchev–Trinajstić information content (AvgIpc) is 3.27. The molecule has 0 heterocycles. The summed E-state index contributed by atoms with van der Waals surface area (Å²) in [5.74, 6) is 0.669. The molecule has 0 aromatic heterocycles. The predicted molar refractivity (Wildman–Crippen MR) is 85.2 cm³/mol. The molecule has 122 valence electrons. The maximum atomic E-state index is 12.4. The number of carbonyl (C=O) groups is 1. The zero-order valence-electron chi connectivity index (χ0n) is 14.2. The fraction of sp³-hybridized carbons (Fsp3) is 0.941. The van der Waals surface area contributed by atoms with E-state index in [-0.39, 0.29) is 5.97 Å². The fourth-order valence-electron chi connectivity index (χ4n) is 3.46. The van der Waals surface area contributed by atoms with Crippen LogP contribution < -0.4 is 5.32 Å². The highest BCUT2D eigenvalue weighted by Gasteiger charge is 2.47. The van der Waals surface area contributed by atoms with Crippen molar-refractivity contribution in [2.24, 2.45) is 5.92 Å². The molecule has 0 aromatic rings. The third-order valence-electron chi connectivity index (χ3n) is 5.04. The van der Waals surface area contributed by atoms with E-state index < -0.39 is 5.54 Å². The second-order valence-corrected chi connectivity index (χ2v) is 7.41. The van der Waals surface area contributed by atoms with Gasteiger partial charge in [-0.2, -0.15) is 0 Å². The summed E-state index contributed by atoms with van der Waals surface area (Å²) >= 11 is 0. The summed E-state index contributed by atoms with van der Waals surface area (Å²) in [6, 6.07) is 1.02. The van der Waals surface area contributed by atoms with Crippen molar-refractivity contribution in [2.45, 2.75) is 76.4 Å². The van der Waals surface area contributed by atoms with Crippen molar-refractivity contribution in [2.75, 3.05) is 20.7 Å². The molecule has 4 heteroatoms. The van der Waals surface area contributed by atoms with Crippen molar-refractivity contribution in [3.63, 3.8) is 0 Å². The van der Waals surface area contributed by atoms with E-state index in [4.69, 9.17) is 4.74 Å². The average molecular weight is 296 g/mol. The third kappa shape index (κ3) is 4.43. The van der Waals surface area contributed by atoms with Crippen molar-refractivity contribution in [3.05, 3.63) is 0 Å². The Morgan fingerprint density at radius 2 is 2.10 bits per heavy atom. The molecule has 2 aliphatic rings. The molecule has 2 aliphatic carbocycles. The van der Waals surface area contributed by atoms with Gasteiger partial charge in [-0.1, -0.05) is 13.8 Å². The van der Waals surface area contributed by atoms with Gasteiger partial charge in [-0.05, 0) is 64.5 Å². The molecule has 2 atom stereocenters. The van der Waals surface area contributed by atoms with Gasteiger partial charge in [-0.25, -0.2) is 0 Å². The first kappa shape index (κ1) is 16.8. The van der Waals surface area contributed by atoms with Gasteiger partial charge >= 0.3 is 5.97 Å². The van der Waals surface area contributed by atoms with E-state index in [2.05, 4.69) is 31.1 Å². The van der Waals surface area contributed by atoms with Gasteiger partial charge in [0.15, 0.2) is 0 Å². The summed E-state index contributed by atoms with van der Waals surface area (Å²) in [5, 5.41) is 3.61. The van der Waals surface area contributed by atoms with E-state index in [0.29, 0.717) is 12.1 Å². The molecule has 2 fully saturated rings. The van der Waals surface area contributed by atoms with Crippen LogP contribution in [-0.2, 0) is 9.53 Å². The van der Waals surface area contributed by atoms with E-state index in [1.807, 2.05) is 0 Å². The van der Waals surface area contributed by atoms with Gasteiger partial charge in [0.1, 0.15) is 5.54 Å². The standard InChI is InChI=1S/C17H32N2O2/c1-13(2)9-11-19(3)15-6-5-10-17(12-15,16(20)21-4)18-14-7-8-14/h13-15,18H,5-12H2,1-4H3. The highest BCUT2D eigenvalue weighted by Crippen LogP contribution is 2.35. The topological polar surface area (TPSA) is 41.6 Å². The van der Waals surface area contributed by atoms with E-state index in [0.717, 1.165) is 31.7 Å². The molecule has 0 radical (unpaired) electrons. The summed E-state index contributed by atoms with van der Waals surface area (Å²) in [6.45, 7) is 5.65. The van der Waals surface area contributed by atoms with E-state index in [1.165, 1.54) is 32.8 Å². The Hall–Kier alpha value is -0.610. The lowest BCUT2D eigenvalue weighted by Crippen LogP contribution is -2.59. The fourth-order valence-corrected chi connectivity index (χ4v) is 3.46. The van der Waals surface area contributed by atoms with Crippen molar-refractivity contribution in [3.8, 4) is 0 Å². The van der Waals surface area contributed by atoms with Gasteiger partial charge in [0.05, 0.1) is 7.11 Å². The van der Waals surface area contributed by atoms with Crippen LogP contribution in [0.25, 0.3) is 0 Å². The molecular formula is C17H32N2O2. The largest absolute Gasteiger partial charge is 0.468 e. The zero-order valence-corrected chi connectivity index (χ0v) is 14.2. The van der Waals surface area contributed by atoms with Crippen molar-refractivity contribution >= 4 is 5.97 Å². The lowest BCUT2D eigenvalue weighted by molar-refractivity contribution is -0.151. The van der Waals surface area contributed by atoms with Crippen LogP contribution in [0.2, 0.25) is 0 Å². The smallest absolute Gasteiger partial charge is 0.326 e. The molecule has 2 rings (SSSR count). The zero-order chi connectivity index (χ0) is 15.5. The summed E-state index contributed by atoms with van der Waals surface area (Å²) in [7, 11) is 3.72. The summed E-state index contributed by atoms with van der Waals surface area (Å²) in [6.07, 6.45) is 7.73. The normalized spacial score (nSPS) is 29.9. The van der Waals surface area contributed by atoms with Crippen LogP contribution in [0.4, 0.5) is 0 Å². The molecule has 0 amide bonds. The molecule has 21 heavy (non-hydrogen) atoms. The molecule has 2 unspecified atom stereocenters. The van der Waals surface area contributed by atoms with Crippen LogP contribution in [0.15, 0.2) is 0 Å². The number of esters is 1. The summed E-state index contributed by atoms with van der Waals surface area (Å²) in [5.41, 5.74) is -0.440. The Balaban J connectivity index is 1.99. The van der Waals surface area contributed by atoms with Crippen molar-refractivity contribution in [1.29, 1.82) is 0 Å². The Kier molecular flexibility index (Phi) is 5.67. The minimum Gasteiger partial charge on any atom is -0.468 e. The van der Waals surface area contributed by atoms with Gasteiger partial charge in [0.2, 0.25) is 0 Å². The monoisotopic (exact) mass is 296 g/mol. The quantitative estimate of drug-likeness (QED) is 0.733. The number of rotatable bonds is 7. The maximum absolute atomic E-state index is 12.4. The number of hydrogen-bond donors (Lipinski definition) is 1. The van der Waals surface area contributed by atoms with Gasteiger partial charge in [-0.3, -0.25) is 10.1 Å². The molecule has 0 saturated heterocycles. The Morgan fingerprint density at radius 1 is 1.38 bits per heavy atom. The lowest BCUT2D eigenvalue weighted by Gasteiger charge is -2.42. The van der Waals surface area contributed by atoms with Crippen LogP contribution in [0.3, 0.4) is 0 Å². The third-order valence-corrected chi connectivity index (χ3v) is 5.04. The molecule has 1 N–H and O–H groups in total. The number of ether oxygens (including phenoxy) is 1. The Labute approximate surface area is 129 Å². The number of hydrogen-bond acceptors (Lipinski definition) is 4. The number of nitrogens with one attached hydrogen (secondary N) is 1. The molecular weight excluding hydrogens is 264 g/mol. The molecule has 2 saturated carbocycles. The minimum absolute atomic E-state index is 0.0589. The molecule has 0 spiro atoms. The number of methoxy groups -OCH3 is 1. The first-order chi connectivity index (χ1) is 9.97.